The maximum Gasteiger partial charge on any atom is 0.216 e. The summed E-state index contributed by atoms with van der Waals surface area (Å²) in [7, 11) is 0. The van der Waals surface area contributed by atoms with Crippen molar-refractivity contribution in [3.05, 3.63) is 29.8 Å². The maximum absolute atomic E-state index is 12.3. The van der Waals surface area contributed by atoms with Gasteiger partial charge >= 0.3 is 0 Å². The molecule has 0 aliphatic carbocycles. The van der Waals surface area contributed by atoms with Gasteiger partial charge in [-0.05, 0) is 38.1 Å². The van der Waals surface area contributed by atoms with Gasteiger partial charge in [0.2, 0.25) is 11.1 Å². The average Bonchev–Trinajstić information content (AvgIpc) is 2.84. The molecule has 6 nitrogen and oxygen atoms in total. The molecule has 0 radical (unpaired) electrons. The Kier molecular flexibility index (Phi) is 4.62. The van der Waals surface area contributed by atoms with Crippen LogP contribution in [0.5, 0.6) is 5.75 Å². The summed E-state index contributed by atoms with van der Waals surface area (Å²) in [5.74, 6) is 1.01. The molecule has 1 unspecified atom stereocenters. The highest BCUT2D eigenvalue weighted by Gasteiger charge is 2.18. The van der Waals surface area contributed by atoms with Crippen LogP contribution in [0.2, 0.25) is 0 Å². The quantitative estimate of drug-likeness (QED) is 0.626. The SMILES string of the molecule is CCOc1ccc(C(=O)C(C)Sc2n[nH]c(N)n2)cc1. The van der Waals surface area contributed by atoms with E-state index in [1.54, 1.807) is 24.3 Å². The molecule has 3 N–H and O–H groups in total. The van der Waals surface area contributed by atoms with Crippen molar-refractivity contribution in [2.75, 3.05) is 12.3 Å². The Morgan fingerprint density at radius 2 is 2.15 bits per heavy atom. The minimum atomic E-state index is -0.289. The van der Waals surface area contributed by atoms with Gasteiger partial charge in [0.25, 0.3) is 0 Å². The fourth-order valence-corrected chi connectivity index (χ4v) is 2.45. The first kappa shape index (κ1) is 14.4. The van der Waals surface area contributed by atoms with Crippen molar-refractivity contribution in [1.82, 2.24) is 15.2 Å². The predicted molar refractivity (Wildman–Crippen MR) is 78.1 cm³/mol. The van der Waals surface area contributed by atoms with E-state index in [0.29, 0.717) is 17.3 Å². The number of ketones is 1. The van der Waals surface area contributed by atoms with Crippen LogP contribution in [0.4, 0.5) is 5.95 Å². The summed E-state index contributed by atoms with van der Waals surface area (Å²) in [6.45, 7) is 4.34. The number of nitrogens with two attached hydrogens (primary N) is 1. The topological polar surface area (TPSA) is 93.9 Å². The molecule has 0 saturated heterocycles. The van der Waals surface area contributed by atoms with Crippen LogP contribution in [0.15, 0.2) is 29.4 Å². The maximum atomic E-state index is 12.3. The molecule has 2 aromatic rings. The Labute approximate surface area is 121 Å². The third-order valence-electron chi connectivity index (χ3n) is 2.58. The lowest BCUT2D eigenvalue weighted by atomic mass is 10.1. The fraction of sp³-hybridized carbons (Fsp3) is 0.308. The van der Waals surface area contributed by atoms with Crippen LogP contribution in [-0.2, 0) is 0 Å². The minimum Gasteiger partial charge on any atom is -0.494 e. The normalized spacial score (nSPS) is 12.1. The Balaban J connectivity index is 2.02. The van der Waals surface area contributed by atoms with Crippen LogP contribution in [-0.4, -0.2) is 32.8 Å². The van der Waals surface area contributed by atoms with Gasteiger partial charge in [-0.15, -0.1) is 5.10 Å². The van der Waals surface area contributed by atoms with Crippen molar-refractivity contribution in [2.45, 2.75) is 24.3 Å². The number of hydrogen-bond donors (Lipinski definition) is 2. The van der Waals surface area contributed by atoms with E-state index < -0.39 is 0 Å². The van der Waals surface area contributed by atoms with Crippen molar-refractivity contribution in [3.63, 3.8) is 0 Å². The summed E-state index contributed by atoms with van der Waals surface area (Å²) in [5, 5.41) is 6.62. The number of thioether (sulfide) groups is 1. The standard InChI is InChI=1S/C13H16N4O2S/c1-3-19-10-6-4-9(5-7-10)11(18)8(2)20-13-15-12(14)16-17-13/h4-8H,3H2,1-2H3,(H3,14,15,16,17). The van der Waals surface area contributed by atoms with Crippen LogP contribution in [0.1, 0.15) is 24.2 Å². The monoisotopic (exact) mass is 292 g/mol. The fourth-order valence-electron chi connectivity index (χ4n) is 1.64. The zero-order valence-electron chi connectivity index (χ0n) is 11.3. The summed E-state index contributed by atoms with van der Waals surface area (Å²) < 4.78 is 5.34. The number of aromatic amines is 1. The van der Waals surface area contributed by atoms with Crippen LogP contribution < -0.4 is 10.5 Å². The highest BCUT2D eigenvalue weighted by molar-refractivity contribution is 8.00. The summed E-state index contributed by atoms with van der Waals surface area (Å²) >= 11 is 1.27. The number of H-pyrrole nitrogens is 1. The predicted octanol–water partition coefficient (Wildman–Crippen LogP) is 2.15. The molecular weight excluding hydrogens is 276 g/mol. The molecule has 1 aromatic heterocycles. The molecule has 0 aliphatic rings. The van der Waals surface area contributed by atoms with Gasteiger partial charge in [0.1, 0.15) is 5.75 Å². The third kappa shape index (κ3) is 3.51. The number of rotatable bonds is 6. The Hall–Kier alpha value is -2.02. The molecule has 106 valence electrons. The number of nitrogens with zero attached hydrogens (tertiary/aromatic N) is 2. The number of anilines is 1. The summed E-state index contributed by atoms with van der Waals surface area (Å²) in [4.78, 5) is 16.2. The smallest absolute Gasteiger partial charge is 0.216 e. The zero-order valence-corrected chi connectivity index (χ0v) is 12.1. The summed E-state index contributed by atoms with van der Waals surface area (Å²) in [5.41, 5.74) is 6.08. The van der Waals surface area contributed by atoms with E-state index in [0.717, 1.165) is 5.75 Å². The van der Waals surface area contributed by atoms with E-state index in [-0.39, 0.29) is 17.0 Å². The van der Waals surface area contributed by atoms with E-state index in [9.17, 15) is 4.79 Å². The first-order chi connectivity index (χ1) is 9.60. The molecule has 0 spiro atoms. The molecule has 0 amide bonds. The number of ether oxygens (including phenoxy) is 1. The lowest BCUT2D eigenvalue weighted by Gasteiger charge is -2.08. The third-order valence-corrected chi connectivity index (χ3v) is 3.54. The van der Waals surface area contributed by atoms with Gasteiger partial charge in [-0.3, -0.25) is 4.79 Å². The molecular formula is C13H16N4O2S. The van der Waals surface area contributed by atoms with Crippen LogP contribution in [0.25, 0.3) is 0 Å². The molecule has 0 fully saturated rings. The number of nitrogens with one attached hydrogen (secondary N) is 1. The lowest BCUT2D eigenvalue weighted by Crippen LogP contribution is -2.13. The summed E-state index contributed by atoms with van der Waals surface area (Å²) in [6, 6.07) is 7.10. The highest BCUT2D eigenvalue weighted by Crippen LogP contribution is 2.23. The highest BCUT2D eigenvalue weighted by atomic mass is 32.2. The molecule has 1 heterocycles. The zero-order chi connectivity index (χ0) is 14.5. The van der Waals surface area contributed by atoms with Crippen molar-refractivity contribution < 1.29 is 9.53 Å². The Morgan fingerprint density at radius 3 is 2.70 bits per heavy atom. The molecule has 0 saturated carbocycles. The van der Waals surface area contributed by atoms with E-state index in [1.807, 2.05) is 13.8 Å². The van der Waals surface area contributed by atoms with Gasteiger partial charge in [0, 0.05) is 5.56 Å². The largest absolute Gasteiger partial charge is 0.494 e. The van der Waals surface area contributed by atoms with Crippen molar-refractivity contribution in [2.24, 2.45) is 0 Å². The molecule has 1 aromatic carbocycles. The molecule has 0 aliphatic heterocycles. The van der Waals surface area contributed by atoms with Crippen LogP contribution in [0, 0.1) is 0 Å². The van der Waals surface area contributed by atoms with Crippen molar-refractivity contribution in [1.29, 1.82) is 0 Å². The minimum absolute atomic E-state index is 0.0152. The molecule has 20 heavy (non-hydrogen) atoms. The molecule has 2 rings (SSSR count). The molecule has 0 bridgehead atoms. The lowest BCUT2D eigenvalue weighted by molar-refractivity contribution is 0.0994. The number of benzene rings is 1. The van der Waals surface area contributed by atoms with E-state index in [4.69, 9.17) is 10.5 Å². The van der Waals surface area contributed by atoms with Gasteiger partial charge in [0.15, 0.2) is 5.78 Å². The number of hydrogen-bond acceptors (Lipinski definition) is 6. The second-order valence-electron chi connectivity index (χ2n) is 4.08. The molecule has 1 atom stereocenters. The number of carbonyl (C=O) groups is 1. The number of carbonyl (C=O) groups excluding carboxylic acids is 1. The molecule has 7 heteroatoms. The van der Waals surface area contributed by atoms with Crippen molar-refractivity contribution >= 4 is 23.5 Å². The Bertz CT molecular complexity index is 582. The second kappa shape index (κ2) is 6.42. The van der Waals surface area contributed by atoms with Gasteiger partial charge < -0.3 is 10.5 Å². The first-order valence-corrected chi connectivity index (χ1v) is 7.09. The van der Waals surface area contributed by atoms with E-state index in [1.165, 1.54) is 11.8 Å². The van der Waals surface area contributed by atoms with Crippen molar-refractivity contribution in [3.8, 4) is 5.75 Å². The van der Waals surface area contributed by atoms with E-state index in [2.05, 4.69) is 15.2 Å². The van der Waals surface area contributed by atoms with Crippen LogP contribution in [0.3, 0.4) is 0 Å². The average molecular weight is 292 g/mol. The number of Topliss-reactive ketones (excluding diaryl/α,β-unsaturated/α-hetero) is 1. The summed E-state index contributed by atoms with van der Waals surface area (Å²) in [6.07, 6.45) is 0. The van der Waals surface area contributed by atoms with E-state index >= 15 is 0 Å². The second-order valence-corrected chi connectivity index (χ2v) is 5.39. The van der Waals surface area contributed by atoms with Gasteiger partial charge in [-0.2, -0.15) is 4.98 Å². The van der Waals surface area contributed by atoms with Crippen LogP contribution >= 0.6 is 11.8 Å². The first-order valence-electron chi connectivity index (χ1n) is 6.21. The van der Waals surface area contributed by atoms with Gasteiger partial charge in [-0.25, -0.2) is 5.10 Å². The van der Waals surface area contributed by atoms with Gasteiger partial charge in [0.05, 0.1) is 11.9 Å². The van der Waals surface area contributed by atoms with Gasteiger partial charge in [-0.1, -0.05) is 11.8 Å². The number of aromatic nitrogens is 3. The number of nitrogen functional groups attached to an aromatic ring is 1. The Morgan fingerprint density at radius 1 is 1.45 bits per heavy atom.